The summed E-state index contributed by atoms with van der Waals surface area (Å²) in [7, 11) is 0. The van der Waals surface area contributed by atoms with Gasteiger partial charge in [-0.15, -0.1) is 0 Å². The molecule has 0 heterocycles. The van der Waals surface area contributed by atoms with Gasteiger partial charge >= 0.3 is 0 Å². The summed E-state index contributed by atoms with van der Waals surface area (Å²) in [6.45, 7) is 6.41. The molecule has 2 nitrogen and oxygen atoms in total. The monoisotopic (exact) mass is 342 g/mol. The van der Waals surface area contributed by atoms with Crippen LogP contribution in [0.2, 0.25) is 0 Å². The fourth-order valence-electron chi connectivity index (χ4n) is 3.16. The number of benzene rings is 3. The van der Waals surface area contributed by atoms with Gasteiger partial charge in [-0.2, -0.15) is 0 Å². The number of rotatable bonds is 7. The summed E-state index contributed by atoms with van der Waals surface area (Å²) in [6.07, 6.45) is 1.98. The van der Waals surface area contributed by atoms with Crippen LogP contribution in [0.1, 0.15) is 36.6 Å². The first-order valence-corrected chi connectivity index (χ1v) is 9.30. The molecule has 0 atom stereocenters. The van der Waals surface area contributed by atoms with Gasteiger partial charge in [0, 0.05) is 25.0 Å². The first-order chi connectivity index (χ1) is 12.8. The number of nitrogens with zero attached hydrogens (tertiary/aromatic N) is 2. The smallest absolute Gasteiger partial charge is 0.0999 e. The Morgan fingerprint density at radius 1 is 0.731 bits per heavy atom. The highest BCUT2D eigenvalue weighted by Crippen LogP contribution is 2.26. The Morgan fingerprint density at radius 2 is 1.23 bits per heavy atom. The summed E-state index contributed by atoms with van der Waals surface area (Å²) >= 11 is 0. The third kappa shape index (κ3) is 4.40. The average Bonchev–Trinajstić information content (AvgIpc) is 2.72. The third-order valence-electron chi connectivity index (χ3n) is 4.62. The predicted octanol–water partition coefficient (Wildman–Crippen LogP) is 5.74. The first-order valence-electron chi connectivity index (χ1n) is 9.30. The Labute approximate surface area is 156 Å². The maximum atomic E-state index is 4.91. The van der Waals surface area contributed by atoms with Gasteiger partial charge in [-0.3, -0.25) is 4.99 Å². The molecule has 0 spiro atoms. The summed E-state index contributed by atoms with van der Waals surface area (Å²) < 4.78 is 0. The fourth-order valence-corrected chi connectivity index (χ4v) is 3.16. The lowest BCUT2D eigenvalue weighted by molar-refractivity contribution is 0.866. The van der Waals surface area contributed by atoms with E-state index in [1.165, 1.54) is 16.8 Å². The van der Waals surface area contributed by atoms with Crippen LogP contribution in [0.5, 0.6) is 0 Å². The van der Waals surface area contributed by atoms with Gasteiger partial charge in [0.05, 0.1) is 6.04 Å². The molecule has 3 aromatic rings. The Hall–Kier alpha value is -2.87. The van der Waals surface area contributed by atoms with Crippen molar-refractivity contribution in [3.63, 3.8) is 0 Å². The molecule has 0 saturated carbocycles. The largest absolute Gasteiger partial charge is 0.372 e. The zero-order valence-corrected chi connectivity index (χ0v) is 15.5. The van der Waals surface area contributed by atoms with E-state index in [2.05, 4.69) is 91.5 Å². The van der Waals surface area contributed by atoms with Gasteiger partial charge < -0.3 is 4.90 Å². The SMILES string of the molecule is CCN(CC)c1ccc(C=NC(c2ccccc2)c2ccccc2)cc1. The molecule has 3 rings (SSSR count). The molecule has 0 aromatic heterocycles. The number of aliphatic imine (C=N–C) groups is 1. The lowest BCUT2D eigenvalue weighted by atomic mass is 9.99. The molecule has 0 aliphatic rings. The van der Waals surface area contributed by atoms with E-state index in [-0.39, 0.29) is 6.04 Å². The zero-order chi connectivity index (χ0) is 18.2. The Morgan fingerprint density at radius 3 is 1.69 bits per heavy atom. The number of hydrogen-bond donors (Lipinski definition) is 0. The van der Waals surface area contributed by atoms with Crippen LogP contribution < -0.4 is 4.90 Å². The quantitative estimate of drug-likeness (QED) is 0.500. The molecule has 26 heavy (non-hydrogen) atoms. The van der Waals surface area contributed by atoms with Crippen molar-refractivity contribution in [1.29, 1.82) is 0 Å². The van der Waals surface area contributed by atoms with E-state index in [1.54, 1.807) is 0 Å². The number of anilines is 1. The third-order valence-corrected chi connectivity index (χ3v) is 4.62. The first kappa shape index (κ1) is 17.9. The van der Waals surface area contributed by atoms with Crippen LogP contribution in [0.15, 0.2) is 89.9 Å². The van der Waals surface area contributed by atoms with Crippen LogP contribution in [0.3, 0.4) is 0 Å². The minimum Gasteiger partial charge on any atom is -0.372 e. The molecule has 0 fully saturated rings. The second-order valence-corrected chi connectivity index (χ2v) is 6.27. The second-order valence-electron chi connectivity index (χ2n) is 6.27. The fraction of sp³-hybridized carbons (Fsp3) is 0.208. The molecule has 0 N–H and O–H groups in total. The van der Waals surface area contributed by atoms with Crippen molar-refractivity contribution < 1.29 is 0 Å². The van der Waals surface area contributed by atoms with E-state index in [9.17, 15) is 0 Å². The topological polar surface area (TPSA) is 15.6 Å². The van der Waals surface area contributed by atoms with Crippen LogP contribution >= 0.6 is 0 Å². The average molecular weight is 342 g/mol. The van der Waals surface area contributed by atoms with E-state index in [1.807, 2.05) is 18.3 Å². The highest BCUT2D eigenvalue weighted by Gasteiger charge is 2.11. The Kier molecular flexibility index (Phi) is 6.21. The molecular formula is C24H26N2. The lowest BCUT2D eigenvalue weighted by Crippen LogP contribution is -2.21. The highest BCUT2D eigenvalue weighted by atomic mass is 15.1. The van der Waals surface area contributed by atoms with Gasteiger partial charge in [-0.25, -0.2) is 0 Å². The van der Waals surface area contributed by atoms with Gasteiger partial charge in [-0.1, -0.05) is 72.8 Å². The normalized spacial score (nSPS) is 11.2. The van der Waals surface area contributed by atoms with Gasteiger partial charge in [0.2, 0.25) is 0 Å². The van der Waals surface area contributed by atoms with Crippen molar-refractivity contribution in [3.05, 3.63) is 102 Å². The molecule has 132 valence electrons. The minimum absolute atomic E-state index is 0.0138. The summed E-state index contributed by atoms with van der Waals surface area (Å²) in [5.74, 6) is 0. The van der Waals surface area contributed by atoms with Crippen LogP contribution in [-0.2, 0) is 0 Å². The van der Waals surface area contributed by atoms with Crippen molar-refractivity contribution in [2.24, 2.45) is 4.99 Å². The van der Waals surface area contributed by atoms with Crippen LogP contribution in [-0.4, -0.2) is 19.3 Å². The van der Waals surface area contributed by atoms with Crippen LogP contribution in [0.25, 0.3) is 0 Å². The van der Waals surface area contributed by atoms with E-state index in [0.717, 1.165) is 18.7 Å². The molecule has 3 aromatic carbocycles. The van der Waals surface area contributed by atoms with Crippen molar-refractivity contribution in [2.45, 2.75) is 19.9 Å². The highest BCUT2D eigenvalue weighted by molar-refractivity contribution is 5.80. The zero-order valence-electron chi connectivity index (χ0n) is 15.5. The second kappa shape index (κ2) is 9.00. The lowest BCUT2D eigenvalue weighted by Gasteiger charge is -2.20. The summed E-state index contributed by atoms with van der Waals surface area (Å²) in [5.41, 5.74) is 4.79. The van der Waals surface area contributed by atoms with E-state index >= 15 is 0 Å². The Bertz CT molecular complexity index is 764. The van der Waals surface area contributed by atoms with Crippen molar-refractivity contribution >= 4 is 11.9 Å². The molecule has 0 bridgehead atoms. The van der Waals surface area contributed by atoms with Crippen molar-refractivity contribution in [2.75, 3.05) is 18.0 Å². The molecule has 0 amide bonds. The molecule has 0 aliphatic carbocycles. The maximum Gasteiger partial charge on any atom is 0.0999 e. The Balaban J connectivity index is 1.85. The molecule has 0 aliphatic heterocycles. The molecule has 0 radical (unpaired) electrons. The standard InChI is InChI=1S/C24H26N2/c1-3-26(4-2)23-17-15-20(16-18-23)19-25-24(21-11-7-5-8-12-21)22-13-9-6-10-14-22/h5-19,24H,3-4H2,1-2H3. The van der Waals surface area contributed by atoms with E-state index in [0.29, 0.717) is 0 Å². The molecule has 2 heteroatoms. The van der Waals surface area contributed by atoms with E-state index in [4.69, 9.17) is 4.99 Å². The molecular weight excluding hydrogens is 316 g/mol. The van der Waals surface area contributed by atoms with E-state index < -0.39 is 0 Å². The van der Waals surface area contributed by atoms with Gasteiger partial charge in [0.25, 0.3) is 0 Å². The number of hydrogen-bond acceptors (Lipinski definition) is 2. The van der Waals surface area contributed by atoms with Crippen molar-refractivity contribution in [3.8, 4) is 0 Å². The summed E-state index contributed by atoms with van der Waals surface area (Å²) in [4.78, 5) is 7.26. The van der Waals surface area contributed by atoms with Gasteiger partial charge in [0.15, 0.2) is 0 Å². The summed E-state index contributed by atoms with van der Waals surface area (Å²) in [6, 6.07) is 29.6. The minimum atomic E-state index is 0.0138. The summed E-state index contributed by atoms with van der Waals surface area (Å²) in [5, 5.41) is 0. The van der Waals surface area contributed by atoms with Gasteiger partial charge in [0.1, 0.15) is 0 Å². The predicted molar refractivity (Wildman–Crippen MR) is 112 cm³/mol. The van der Waals surface area contributed by atoms with Crippen molar-refractivity contribution in [1.82, 2.24) is 0 Å². The maximum absolute atomic E-state index is 4.91. The van der Waals surface area contributed by atoms with Crippen LogP contribution in [0, 0.1) is 0 Å². The van der Waals surface area contributed by atoms with Gasteiger partial charge in [-0.05, 0) is 42.7 Å². The van der Waals surface area contributed by atoms with Crippen LogP contribution in [0.4, 0.5) is 5.69 Å². The molecule has 0 unspecified atom stereocenters. The molecule has 0 saturated heterocycles.